The van der Waals surface area contributed by atoms with E-state index in [4.69, 9.17) is 4.74 Å². The van der Waals surface area contributed by atoms with E-state index >= 15 is 0 Å². The predicted octanol–water partition coefficient (Wildman–Crippen LogP) is 11.1. The Morgan fingerprint density at radius 1 is 0.880 bits per heavy atom. The summed E-state index contributed by atoms with van der Waals surface area (Å²) < 4.78 is 50.3. The highest BCUT2D eigenvalue weighted by molar-refractivity contribution is 7.13. The van der Waals surface area contributed by atoms with Gasteiger partial charge in [-0.15, -0.1) is 24.5 Å². The van der Waals surface area contributed by atoms with Gasteiger partial charge in [0, 0.05) is 45.7 Å². The van der Waals surface area contributed by atoms with Crippen LogP contribution in [-0.2, 0) is 4.74 Å². The van der Waals surface area contributed by atoms with Crippen molar-refractivity contribution in [1.29, 1.82) is 15.8 Å². The zero-order valence-corrected chi connectivity index (χ0v) is 29.2. The summed E-state index contributed by atoms with van der Waals surface area (Å²) >= 11 is 1.42. The van der Waals surface area contributed by atoms with Crippen molar-refractivity contribution >= 4 is 40.8 Å². The number of benzene rings is 2. The van der Waals surface area contributed by atoms with E-state index in [2.05, 4.69) is 42.2 Å². The highest BCUT2D eigenvalue weighted by atomic mass is 32.1. The normalized spacial score (nSPS) is 11.7. The van der Waals surface area contributed by atoms with E-state index in [0.717, 1.165) is 71.1 Å². The van der Waals surface area contributed by atoms with E-state index in [1.54, 1.807) is 42.5 Å². The van der Waals surface area contributed by atoms with Gasteiger partial charge in [0.25, 0.3) is 0 Å². The molecule has 0 spiro atoms. The van der Waals surface area contributed by atoms with Gasteiger partial charge in [-0.05, 0) is 73.4 Å². The predicted molar refractivity (Wildman–Crippen MR) is 195 cm³/mol. The number of thiophene rings is 1. The van der Waals surface area contributed by atoms with E-state index in [9.17, 15) is 29.0 Å². The first-order valence-electron chi connectivity index (χ1n) is 16.2. The minimum atomic E-state index is -5.24. The Labute approximate surface area is 296 Å². The maximum absolute atomic E-state index is 13.4. The van der Waals surface area contributed by atoms with Crippen LogP contribution in [-0.4, -0.2) is 26.1 Å². The molecule has 3 aromatic rings. The molecule has 0 saturated heterocycles. The van der Waals surface area contributed by atoms with Gasteiger partial charge in [0.2, 0.25) is 0 Å². The smallest absolute Gasteiger partial charge is 0.489 e. The molecule has 0 N–H and O–H groups in total. The van der Waals surface area contributed by atoms with E-state index in [-0.39, 0.29) is 5.57 Å². The van der Waals surface area contributed by atoms with Crippen molar-refractivity contribution in [3.05, 3.63) is 117 Å². The third kappa shape index (κ3) is 11.9. The first-order valence-corrected chi connectivity index (χ1v) is 17.0. The lowest BCUT2D eigenvalue weighted by molar-refractivity contribution is -0.303. The van der Waals surface area contributed by atoms with Gasteiger partial charge in [-0.1, -0.05) is 69.7 Å². The van der Waals surface area contributed by atoms with Gasteiger partial charge >= 0.3 is 6.36 Å². The molecule has 0 unspecified atom stereocenters. The maximum Gasteiger partial charge on any atom is 0.573 e. The third-order valence-electron chi connectivity index (χ3n) is 7.25. The quantitative estimate of drug-likeness (QED) is 0.0603. The number of hydrogen-bond donors (Lipinski definition) is 0. The van der Waals surface area contributed by atoms with Gasteiger partial charge < -0.3 is 14.4 Å². The van der Waals surface area contributed by atoms with Crippen LogP contribution >= 0.6 is 11.3 Å². The Balaban J connectivity index is 2.01. The molecular formula is C40H39F3N4O2S. The van der Waals surface area contributed by atoms with Crippen molar-refractivity contribution in [2.24, 2.45) is 0 Å². The molecular weight excluding hydrogens is 658 g/mol. The van der Waals surface area contributed by atoms with Crippen LogP contribution < -0.4 is 9.64 Å². The number of allylic oxidation sites excluding steroid dienone is 4. The van der Waals surface area contributed by atoms with Crippen molar-refractivity contribution < 1.29 is 22.6 Å². The lowest BCUT2D eigenvalue weighted by Gasteiger charge is -2.25. The van der Waals surface area contributed by atoms with E-state index in [1.165, 1.54) is 29.6 Å². The van der Waals surface area contributed by atoms with Crippen LogP contribution in [0.5, 0.6) is 5.75 Å². The molecule has 258 valence electrons. The number of rotatable bonds is 17. The highest BCUT2D eigenvalue weighted by Crippen LogP contribution is 2.34. The van der Waals surface area contributed by atoms with Gasteiger partial charge in [-0.2, -0.15) is 15.8 Å². The Bertz CT molecular complexity index is 1840. The number of hydrogen-bond acceptors (Lipinski definition) is 7. The number of ether oxygens (including phenoxy) is 2. The summed E-state index contributed by atoms with van der Waals surface area (Å²) in [6, 6.07) is 22.8. The molecule has 0 saturated carbocycles. The topological polar surface area (TPSA) is 93.1 Å². The van der Waals surface area contributed by atoms with E-state index in [0.29, 0.717) is 12.2 Å². The van der Waals surface area contributed by atoms with E-state index < -0.39 is 23.3 Å². The second-order valence-corrected chi connectivity index (χ2v) is 12.5. The minimum Gasteiger partial charge on any atom is -0.489 e. The summed E-state index contributed by atoms with van der Waals surface area (Å²) in [5.41, 5.74) is 1.78. The summed E-state index contributed by atoms with van der Waals surface area (Å²) in [4.78, 5) is 4.04. The molecule has 2 aromatic carbocycles. The number of unbranched alkanes of at least 4 members (excludes halogenated alkanes) is 2. The molecule has 0 aliphatic heterocycles. The van der Waals surface area contributed by atoms with Gasteiger partial charge in [0.05, 0.1) is 0 Å². The lowest BCUT2D eigenvalue weighted by Crippen LogP contribution is -2.25. The van der Waals surface area contributed by atoms with Crippen LogP contribution in [0.15, 0.2) is 95.8 Å². The summed E-state index contributed by atoms with van der Waals surface area (Å²) in [5, 5.41) is 28.7. The van der Waals surface area contributed by atoms with Crippen LogP contribution in [0, 0.1) is 34.0 Å². The van der Waals surface area contributed by atoms with Crippen molar-refractivity contribution in [3.63, 3.8) is 0 Å². The standard InChI is InChI=1S/C40H39F3N4O2S/c1-5-7-22-47(23-8-6-2)33-16-14-31(38(24-33)48-28-29(3)4)15-17-34-18-19-35(50-34)20-21-36(30-12-10-9-11-13-30)37(27-46)39(32(25-44)26-45)49-40(41,42)43/h9-21,24H,3,5-8,22-23,28H2,1-2,4H3/b17-15+,21-20+,37-36-. The number of nitriles is 3. The number of nitrogens with zero attached hydrogens (tertiary/aromatic N) is 4. The molecule has 50 heavy (non-hydrogen) atoms. The minimum absolute atomic E-state index is 0.0483. The van der Waals surface area contributed by atoms with Crippen molar-refractivity contribution in [3.8, 4) is 24.0 Å². The Hall–Kier alpha value is -5.50. The zero-order chi connectivity index (χ0) is 36.5. The molecule has 6 nitrogen and oxygen atoms in total. The SMILES string of the molecule is C=C(C)COc1cc(N(CCCC)CCCC)ccc1/C=C/c1ccc(/C=C/C(=C(\C#N)C(OC(F)(F)F)=C(C#N)C#N)c2ccccc2)s1. The molecule has 0 aliphatic carbocycles. The van der Waals surface area contributed by atoms with Gasteiger partial charge in [-0.25, -0.2) is 0 Å². The average Bonchev–Trinajstić information content (AvgIpc) is 3.56. The fraction of sp³-hybridized carbons (Fsp3) is 0.275. The van der Waals surface area contributed by atoms with Crippen LogP contribution in [0.4, 0.5) is 18.9 Å². The van der Waals surface area contributed by atoms with Gasteiger partial charge in [-0.3, -0.25) is 0 Å². The second-order valence-electron chi connectivity index (χ2n) is 11.3. The number of halogens is 3. The monoisotopic (exact) mass is 696 g/mol. The lowest BCUT2D eigenvalue weighted by atomic mass is 9.97. The van der Waals surface area contributed by atoms with Crippen LogP contribution in [0.25, 0.3) is 23.8 Å². The summed E-state index contributed by atoms with van der Waals surface area (Å²) in [7, 11) is 0. The fourth-order valence-corrected chi connectivity index (χ4v) is 5.60. The van der Waals surface area contributed by atoms with Crippen molar-refractivity contribution in [1.82, 2.24) is 0 Å². The number of anilines is 1. The van der Waals surface area contributed by atoms with Crippen molar-refractivity contribution in [2.75, 3.05) is 24.6 Å². The molecule has 10 heteroatoms. The first kappa shape index (κ1) is 38.9. The summed E-state index contributed by atoms with van der Waals surface area (Å²) in [6.45, 7) is 12.6. The third-order valence-corrected chi connectivity index (χ3v) is 8.27. The summed E-state index contributed by atoms with van der Waals surface area (Å²) in [5.74, 6) is -0.407. The molecule has 0 bridgehead atoms. The molecule has 0 amide bonds. The van der Waals surface area contributed by atoms with Crippen molar-refractivity contribution in [2.45, 2.75) is 52.8 Å². The Morgan fingerprint density at radius 2 is 1.52 bits per heavy atom. The van der Waals surface area contributed by atoms with Gasteiger partial charge in [0.15, 0.2) is 11.3 Å². The molecule has 0 radical (unpaired) electrons. The molecule has 0 aliphatic rings. The average molecular weight is 697 g/mol. The Kier molecular flexibility index (Phi) is 15.2. The highest BCUT2D eigenvalue weighted by Gasteiger charge is 2.35. The molecule has 1 aromatic heterocycles. The molecule has 0 fully saturated rings. The van der Waals surface area contributed by atoms with Crippen LogP contribution in [0.2, 0.25) is 0 Å². The van der Waals surface area contributed by atoms with E-state index in [1.807, 2.05) is 37.3 Å². The largest absolute Gasteiger partial charge is 0.573 e. The van der Waals surface area contributed by atoms with Gasteiger partial charge in [0.1, 0.15) is 36.1 Å². The zero-order valence-electron chi connectivity index (χ0n) is 28.4. The van der Waals surface area contributed by atoms with Crippen LogP contribution in [0.1, 0.15) is 67.3 Å². The molecule has 1 heterocycles. The number of alkyl halides is 3. The maximum atomic E-state index is 13.4. The first-order chi connectivity index (χ1) is 24.0. The van der Waals surface area contributed by atoms with Crippen LogP contribution in [0.3, 0.4) is 0 Å². The second kappa shape index (κ2) is 19.5. The Morgan fingerprint density at radius 3 is 2.08 bits per heavy atom. The molecule has 3 rings (SSSR count). The summed E-state index contributed by atoms with van der Waals surface area (Å²) in [6.07, 6.45) is 6.24. The fourth-order valence-electron chi connectivity index (χ4n) is 4.78. The molecule has 0 atom stereocenters.